The van der Waals surface area contributed by atoms with Gasteiger partial charge in [-0.05, 0) is 33.9 Å². The average Bonchev–Trinajstić information content (AvgIpc) is 2.04. The van der Waals surface area contributed by atoms with Crippen molar-refractivity contribution in [3.8, 4) is 0 Å². The van der Waals surface area contributed by atoms with Crippen molar-refractivity contribution in [2.24, 2.45) is 0 Å². The molecular formula is C10H20N2O. The first kappa shape index (κ1) is 12.2. The fraction of sp³-hybridized carbons (Fsp3) is 0.700. The number of carbonyl (C=O) groups is 1. The second kappa shape index (κ2) is 7.80. The molecule has 0 aromatic carbocycles. The van der Waals surface area contributed by atoms with Crippen molar-refractivity contribution >= 4 is 5.91 Å². The molecule has 0 aliphatic heterocycles. The van der Waals surface area contributed by atoms with Gasteiger partial charge >= 0.3 is 0 Å². The van der Waals surface area contributed by atoms with Gasteiger partial charge in [-0.15, -0.1) is 0 Å². The summed E-state index contributed by atoms with van der Waals surface area (Å²) in [6.07, 6.45) is 3.52. The van der Waals surface area contributed by atoms with Gasteiger partial charge in [0.15, 0.2) is 0 Å². The van der Waals surface area contributed by atoms with Crippen LogP contribution >= 0.6 is 0 Å². The summed E-state index contributed by atoms with van der Waals surface area (Å²) >= 11 is 0. The summed E-state index contributed by atoms with van der Waals surface area (Å²) in [6, 6.07) is 0. The van der Waals surface area contributed by atoms with E-state index in [4.69, 9.17) is 0 Å². The van der Waals surface area contributed by atoms with Crippen molar-refractivity contribution in [3.05, 3.63) is 11.6 Å². The van der Waals surface area contributed by atoms with E-state index in [1.54, 1.807) is 0 Å². The predicted octanol–water partition coefficient (Wildman–Crippen LogP) is 1.07. The van der Waals surface area contributed by atoms with E-state index < -0.39 is 0 Å². The molecule has 0 saturated carbocycles. The van der Waals surface area contributed by atoms with Gasteiger partial charge < -0.3 is 10.6 Å². The first-order chi connectivity index (χ1) is 6.16. The number of hydrogen-bond acceptors (Lipinski definition) is 2. The van der Waals surface area contributed by atoms with Gasteiger partial charge in [0, 0.05) is 13.0 Å². The number of rotatable bonds is 6. The highest BCUT2D eigenvalue weighted by molar-refractivity contribution is 5.75. The van der Waals surface area contributed by atoms with Crippen LogP contribution in [-0.2, 0) is 4.79 Å². The maximum atomic E-state index is 11.1. The van der Waals surface area contributed by atoms with Crippen molar-refractivity contribution in [2.45, 2.75) is 26.7 Å². The van der Waals surface area contributed by atoms with E-state index in [-0.39, 0.29) is 5.91 Å². The number of allylic oxidation sites excluding steroid dienone is 1. The monoisotopic (exact) mass is 184 g/mol. The highest BCUT2D eigenvalue weighted by atomic mass is 16.1. The normalized spacial score (nSPS) is 9.46. The van der Waals surface area contributed by atoms with Crippen LogP contribution in [0.1, 0.15) is 26.7 Å². The molecule has 0 heterocycles. The Morgan fingerprint density at radius 2 is 2.08 bits per heavy atom. The standard InChI is InChI=1S/C10H20N2O/c1-9(2)6-8-12-10(13)5-4-7-11-3/h6,11H,4-5,7-8H2,1-3H3,(H,12,13). The van der Waals surface area contributed by atoms with E-state index in [2.05, 4.69) is 10.6 Å². The minimum Gasteiger partial charge on any atom is -0.353 e. The van der Waals surface area contributed by atoms with E-state index in [0.29, 0.717) is 13.0 Å². The molecule has 3 heteroatoms. The second-order valence-corrected chi connectivity index (χ2v) is 3.29. The fourth-order valence-electron chi connectivity index (χ4n) is 0.883. The van der Waals surface area contributed by atoms with Crippen LogP contribution in [0.2, 0.25) is 0 Å². The van der Waals surface area contributed by atoms with Gasteiger partial charge in [0.05, 0.1) is 0 Å². The molecule has 0 bridgehead atoms. The van der Waals surface area contributed by atoms with Gasteiger partial charge in [0.1, 0.15) is 0 Å². The summed E-state index contributed by atoms with van der Waals surface area (Å²) in [4.78, 5) is 11.1. The Bertz CT molecular complexity index is 172. The first-order valence-corrected chi connectivity index (χ1v) is 4.71. The van der Waals surface area contributed by atoms with Crippen molar-refractivity contribution in [1.29, 1.82) is 0 Å². The SMILES string of the molecule is CNCCCC(=O)NCC=C(C)C. The molecule has 0 aliphatic rings. The molecule has 0 fully saturated rings. The number of nitrogens with one attached hydrogen (secondary N) is 2. The maximum Gasteiger partial charge on any atom is 0.220 e. The first-order valence-electron chi connectivity index (χ1n) is 4.71. The molecule has 3 nitrogen and oxygen atoms in total. The molecule has 0 aromatic rings. The number of carbonyl (C=O) groups excluding carboxylic acids is 1. The van der Waals surface area contributed by atoms with Gasteiger partial charge in [-0.2, -0.15) is 0 Å². The highest BCUT2D eigenvalue weighted by Crippen LogP contribution is 1.88. The summed E-state index contributed by atoms with van der Waals surface area (Å²) in [6.45, 7) is 5.59. The summed E-state index contributed by atoms with van der Waals surface area (Å²) in [5.74, 6) is 0.132. The van der Waals surface area contributed by atoms with Crippen molar-refractivity contribution in [1.82, 2.24) is 10.6 Å². The quantitative estimate of drug-likeness (QED) is 0.479. The minimum absolute atomic E-state index is 0.132. The summed E-state index contributed by atoms with van der Waals surface area (Å²) in [5, 5.41) is 5.84. The zero-order chi connectivity index (χ0) is 10.1. The Morgan fingerprint density at radius 1 is 1.38 bits per heavy atom. The van der Waals surface area contributed by atoms with Crippen molar-refractivity contribution < 1.29 is 4.79 Å². The number of amides is 1. The molecule has 0 spiro atoms. The Hall–Kier alpha value is -0.830. The zero-order valence-electron chi connectivity index (χ0n) is 8.81. The third-order valence-corrected chi connectivity index (χ3v) is 1.64. The Morgan fingerprint density at radius 3 is 2.62 bits per heavy atom. The zero-order valence-corrected chi connectivity index (χ0v) is 8.81. The largest absolute Gasteiger partial charge is 0.353 e. The van der Waals surface area contributed by atoms with Crippen LogP contribution in [-0.4, -0.2) is 26.0 Å². The molecule has 0 unspecified atom stereocenters. The van der Waals surface area contributed by atoms with Gasteiger partial charge in [-0.25, -0.2) is 0 Å². The lowest BCUT2D eigenvalue weighted by molar-refractivity contribution is -0.120. The topological polar surface area (TPSA) is 41.1 Å². The summed E-state index contributed by atoms with van der Waals surface area (Å²) in [5.41, 5.74) is 1.23. The van der Waals surface area contributed by atoms with E-state index in [1.165, 1.54) is 5.57 Å². The third kappa shape index (κ3) is 9.08. The van der Waals surface area contributed by atoms with Gasteiger partial charge in [0.2, 0.25) is 5.91 Å². The predicted molar refractivity (Wildman–Crippen MR) is 55.6 cm³/mol. The molecule has 0 aliphatic carbocycles. The third-order valence-electron chi connectivity index (χ3n) is 1.64. The Balaban J connectivity index is 3.36. The van der Waals surface area contributed by atoms with E-state index in [0.717, 1.165) is 13.0 Å². The Labute approximate surface area is 80.6 Å². The van der Waals surface area contributed by atoms with E-state index >= 15 is 0 Å². The second-order valence-electron chi connectivity index (χ2n) is 3.29. The van der Waals surface area contributed by atoms with Crippen LogP contribution in [0.15, 0.2) is 11.6 Å². The van der Waals surface area contributed by atoms with Crippen LogP contribution in [0.4, 0.5) is 0 Å². The molecule has 1 amide bonds. The molecule has 0 rings (SSSR count). The lowest BCUT2D eigenvalue weighted by atomic mass is 10.3. The van der Waals surface area contributed by atoms with Crippen LogP contribution in [0.5, 0.6) is 0 Å². The smallest absolute Gasteiger partial charge is 0.220 e. The van der Waals surface area contributed by atoms with Gasteiger partial charge in [-0.3, -0.25) is 4.79 Å². The lowest BCUT2D eigenvalue weighted by Crippen LogP contribution is -2.24. The van der Waals surface area contributed by atoms with Crippen molar-refractivity contribution in [3.63, 3.8) is 0 Å². The van der Waals surface area contributed by atoms with Gasteiger partial charge in [-0.1, -0.05) is 11.6 Å². The summed E-state index contributed by atoms with van der Waals surface area (Å²) < 4.78 is 0. The molecule has 0 saturated heterocycles. The maximum absolute atomic E-state index is 11.1. The van der Waals surface area contributed by atoms with Crippen molar-refractivity contribution in [2.75, 3.05) is 20.1 Å². The Kier molecular flexibility index (Phi) is 7.30. The number of hydrogen-bond donors (Lipinski definition) is 2. The van der Waals surface area contributed by atoms with Crippen LogP contribution < -0.4 is 10.6 Å². The average molecular weight is 184 g/mol. The molecule has 13 heavy (non-hydrogen) atoms. The molecule has 0 aromatic heterocycles. The molecule has 2 N–H and O–H groups in total. The van der Waals surface area contributed by atoms with E-state index in [1.807, 2.05) is 27.0 Å². The molecule has 0 atom stereocenters. The van der Waals surface area contributed by atoms with Crippen LogP contribution in [0, 0.1) is 0 Å². The molecule has 76 valence electrons. The minimum atomic E-state index is 0.132. The summed E-state index contributed by atoms with van der Waals surface area (Å²) in [7, 11) is 1.89. The van der Waals surface area contributed by atoms with Gasteiger partial charge in [0.25, 0.3) is 0 Å². The highest BCUT2D eigenvalue weighted by Gasteiger charge is 1.97. The fourth-order valence-corrected chi connectivity index (χ4v) is 0.883. The van der Waals surface area contributed by atoms with E-state index in [9.17, 15) is 4.79 Å². The lowest BCUT2D eigenvalue weighted by Gasteiger charge is -2.02. The molecular weight excluding hydrogens is 164 g/mol. The molecule has 0 radical (unpaired) electrons. The van der Waals surface area contributed by atoms with Crippen LogP contribution in [0.3, 0.4) is 0 Å². The van der Waals surface area contributed by atoms with Crippen LogP contribution in [0.25, 0.3) is 0 Å².